The number of pyridine rings is 1. The van der Waals surface area contributed by atoms with E-state index in [0.717, 1.165) is 9.99 Å². The Morgan fingerprint density at radius 2 is 2.25 bits per heavy atom. The van der Waals surface area contributed by atoms with E-state index in [1.807, 2.05) is 13.0 Å². The van der Waals surface area contributed by atoms with Gasteiger partial charge in [0.05, 0.1) is 12.1 Å². The molecule has 0 spiro atoms. The maximum absolute atomic E-state index is 12.1. The van der Waals surface area contributed by atoms with Gasteiger partial charge < -0.3 is 9.72 Å². The lowest BCUT2D eigenvalue weighted by molar-refractivity contribution is -0.145. The van der Waals surface area contributed by atoms with E-state index in [-0.39, 0.29) is 11.9 Å². The fourth-order valence-electron chi connectivity index (χ4n) is 2.09. The predicted octanol–water partition coefficient (Wildman–Crippen LogP) is 3.41. The van der Waals surface area contributed by atoms with Gasteiger partial charge in [0.15, 0.2) is 5.65 Å². The number of fused-ring (bicyclic) bond motifs is 1. The molecule has 0 aromatic carbocycles. The smallest absolute Gasteiger partial charge is 0.316 e. The normalized spacial score (nSPS) is 12.8. The zero-order valence-electron chi connectivity index (χ0n) is 11.8. The van der Waals surface area contributed by atoms with Crippen LogP contribution in [-0.2, 0) is 9.53 Å². The van der Waals surface area contributed by atoms with Crippen molar-refractivity contribution in [3.05, 3.63) is 22.6 Å². The first-order chi connectivity index (χ1) is 9.51. The highest BCUT2D eigenvalue weighted by molar-refractivity contribution is 9.10. The van der Waals surface area contributed by atoms with E-state index in [1.165, 1.54) is 0 Å². The minimum Gasteiger partial charge on any atom is -0.465 e. The van der Waals surface area contributed by atoms with Crippen LogP contribution in [0, 0.1) is 5.92 Å². The maximum atomic E-state index is 12.1. The lowest BCUT2D eigenvalue weighted by atomic mass is 9.96. The van der Waals surface area contributed by atoms with Crippen LogP contribution in [0.3, 0.4) is 0 Å². The Labute approximate surface area is 126 Å². The highest BCUT2D eigenvalue weighted by atomic mass is 79.9. The van der Waals surface area contributed by atoms with Gasteiger partial charge in [-0.2, -0.15) is 0 Å². The first-order valence-electron chi connectivity index (χ1n) is 6.69. The summed E-state index contributed by atoms with van der Waals surface area (Å²) in [5.74, 6) is 0.386. The zero-order chi connectivity index (χ0) is 14.7. The maximum Gasteiger partial charge on any atom is 0.316 e. The van der Waals surface area contributed by atoms with Crippen LogP contribution < -0.4 is 0 Å². The molecule has 2 rings (SSSR count). The summed E-state index contributed by atoms with van der Waals surface area (Å²) in [5.41, 5.74) is 1.42. The van der Waals surface area contributed by atoms with Crippen molar-refractivity contribution in [2.75, 3.05) is 6.61 Å². The van der Waals surface area contributed by atoms with Crippen LogP contribution in [0.4, 0.5) is 0 Å². The number of carbonyl (C=O) groups excluding carboxylic acids is 1. The second-order valence-corrected chi connectivity index (χ2v) is 6.00. The average molecular weight is 340 g/mol. The summed E-state index contributed by atoms with van der Waals surface area (Å²) in [7, 11) is 0. The summed E-state index contributed by atoms with van der Waals surface area (Å²) >= 11 is 3.37. The number of aromatic amines is 1. The van der Waals surface area contributed by atoms with Crippen LogP contribution in [-0.4, -0.2) is 27.5 Å². The Hall–Kier alpha value is -1.43. The van der Waals surface area contributed by atoms with Gasteiger partial charge in [0, 0.05) is 10.7 Å². The predicted molar refractivity (Wildman–Crippen MR) is 80.4 cm³/mol. The van der Waals surface area contributed by atoms with E-state index in [0.29, 0.717) is 30.4 Å². The molecule has 1 atom stereocenters. The minimum absolute atomic E-state index is 0.237. The highest BCUT2D eigenvalue weighted by Crippen LogP contribution is 2.25. The van der Waals surface area contributed by atoms with Crippen LogP contribution in [0.25, 0.3) is 11.2 Å². The van der Waals surface area contributed by atoms with Crippen molar-refractivity contribution in [2.24, 2.45) is 5.92 Å². The number of ether oxygens (including phenoxy) is 1. The lowest BCUT2D eigenvalue weighted by Gasteiger charge is -2.15. The van der Waals surface area contributed by atoms with Gasteiger partial charge in [-0.3, -0.25) is 4.79 Å². The summed E-state index contributed by atoms with van der Waals surface area (Å²) in [6, 6.07) is 1.90. The second-order valence-electron chi connectivity index (χ2n) is 5.08. The van der Waals surface area contributed by atoms with Crippen molar-refractivity contribution in [3.8, 4) is 0 Å². The van der Waals surface area contributed by atoms with Crippen molar-refractivity contribution >= 4 is 33.1 Å². The van der Waals surface area contributed by atoms with E-state index >= 15 is 0 Å². The van der Waals surface area contributed by atoms with E-state index < -0.39 is 0 Å². The summed E-state index contributed by atoms with van der Waals surface area (Å²) < 4.78 is 6.02. The number of esters is 1. The van der Waals surface area contributed by atoms with Crippen LogP contribution in [0.15, 0.2) is 16.7 Å². The molecule has 0 amide bonds. The number of nitrogens with zero attached hydrogens (tertiary/aromatic N) is 2. The Morgan fingerprint density at radius 1 is 1.50 bits per heavy atom. The van der Waals surface area contributed by atoms with Crippen LogP contribution in [0.2, 0.25) is 0 Å². The van der Waals surface area contributed by atoms with Gasteiger partial charge in [-0.05, 0) is 41.3 Å². The molecule has 2 heterocycles. The Balaban J connectivity index is 2.36. The minimum atomic E-state index is -0.372. The van der Waals surface area contributed by atoms with Gasteiger partial charge in [-0.15, -0.1) is 0 Å². The van der Waals surface area contributed by atoms with Crippen LogP contribution >= 0.6 is 15.9 Å². The molecule has 0 aliphatic rings. The van der Waals surface area contributed by atoms with Crippen LogP contribution in [0.1, 0.15) is 38.9 Å². The first kappa shape index (κ1) is 15.0. The molecule has 0 saturated carbocycles. The molecule has 0 bridgehead atoms. The van der Waals surface area contributed by atoms with Crippen molar-refractivity contribution < 1.29 is 9.53 Å². The molecule has 0 aliphatic heterocycles. The SMILES string of the molecule is CCOC(=O)C(CC(C)C)c1nc2ncc(Br)cc2[nH]1. The molecule has 6 heteroatoms. The molecule has 108 valence electrons. The van der Waals surface area contributed by atoms with Crippen molar-refractivity contribution in [1.29, 1.82) is 0 Å². The molecule has 0 fully saturated rings. The second kappa shape index (κ2) is 6.35. The molecular formula is C14H18BrN3O2. The third-order valence-corrected chi connectivity index (χ3v) is 3.36. The van der Waals surface area contributed by atoms with Crippen molar-refractivity contribution in [1.82, 2.24) is 15.0 Å². The molecule has 0 saturated heterocycles. The summed E-state index contributed by atoms with van der Waals surface area (Å²) in [6.07, 6.45) is 2.38. The number of hydrogen-bond acceptors (Lipinski definition) is 4. The number of aromatic nitrogens is 3. The molecular weight excluding hydrogens is 322 g/mol. The largest absolute Gasteiger partial charge is 0.465 e. The monoisotopic (exact) mass is 339 g/mol. The number of nitrogens with one attached hydrogen (secondary N) is 1. The van der Waals surface area contributed by atoms with Gasteiger partial charge in [-0.1, -0.05) is 13.8 Å². The van der Waals surface area contributed by atoms with Gasteiger partial charge in [-0.25, -0.2) is 9.97 Å². The van der Waals surface area contributed by atoms with Gasteiger partial charge in [0.2, 0.25) is 0 Å². The summed E-state index contributed by atoms with van der Waals surface area (Å²) in [6.45, 7) is 6.33. The van der Waals surface area contributed by atoms with Gasteiger partial charge in [0.25, 0.3) is 0 Å². The number of halogens is 1. The standard InChI is InChI=1S/C14H18BrN3O2/c1-4-20-14(19)10(5-8(2)3)12-17-11-6-9(15)7-16-13(11)18-12/h6-8,10H,4-5H2,1-3H3,(H,16,17,18). The third kappa shape index (κ3) is 3.36. The number of hydrogen-bond donors (Lipinski definition) is 1. The van der Waals surface area contributed by atoms with E-state index in [1.54, 1.807) is 6.20 Å². The molecule has 0 radical (unpaired) electrons. The lowest BCUT2D eigenvalue weighted by Crippen LogP contribution is -2.19. The number of rotatable bonds is 5. The first-order valence-corrected chi connectivity index (χ1v) is 7.48. The fourth-order valence-corrected chi connectivity index (χ4v) is 2.42. The number of imidazole rings is 1. The van der Waals surface area contributed by atoms with Crippen molar-refractivity contribution in [2.45, 2.75) is 33.1 Å². The Morgan fingerprint density at radius 3 is 2.90 bits per heavy atom. The molecule has 5 nitrogen and oxygen atoms in total. The van der Waals surface area contributed by atoms with Crippen molar-refractivity contribution in [3.63, 3.8) is 0 Å². The van der Waals surface area contributed by atoms with E-state index in [4.69, 9.17) is 4.74 Å². The molecule has 20 heavy (non-hydrogen) atoms. The summed E-state index contributed by atoms with van der Waals surface area (Å²) in [4.78, 5) is 23.9. The molecule has 2 aromatic rings. The summed E-state index contributed by atoms with van der Waals surface area (Å²) in [5, 5.41) is 0. The molecule has 2 aromatic heterocycles. The molecule has 0 aliphatic carbocycles. The topological polar surface area (TPSA) is 67.9 Å². The Bertz CT molecular complexity index is 609. The highest BCUT2D eigenvalue weighted by Gasteiger charge is 2.26. The number of carbonyl (C=O) groups is 1. The zero-order valence-corrected chi connectivity index (χ0v) is 13.4. The average Bonchev–Trinajstić information content (AvgIpc) is 2.78. The van der Waals surface area contributed by atoms with Gasteiger partial charge >= 0.3 is 5.97 Å². The molecule has 1 N–H and O–H groups in total. The quantitative estimate of drug-likeness (QED) is 0.847. The number of H-pyrrole nitrogens is 1. The Kier molecular flexibility index (Phi) is 4.75. The fraction of sp³-hybridized carbons (Fsp3) is 0.500. The van der Waals surface area contributed by atoms with E-state index in [2.05, 4.69) is 44.7 Å². The van der Waals surface area contributed by atoms with E-state index in [9.17, 15) is 4.79 Å². The molecule has 1 unspecified atom stereocenters. The van der Waals surface area contributed by atoms with Gasteiger partial charge in [0.1, 0.15) is 11.7 Å². The van der Waals surface area contributed by atoms with Crippen LogP contribution in [0.5, 0.6) is 0 Å². The third-order valence-electron chi connectivity index (χ3n) is 2.93.